The second kappa shape index (κ2) is 12.6. The van der Waals surface area contributed by atoms with E-state index in [4.69, 9.17) is 0 Å². The van der Waals surface area contributed by atoms with Gasteiger partial charge in [0.25, 0.3) is 5.91 Å². The van der Waals surface area contributed by atoms with Gasteiger partial charge in [-0.15, -0.1) is 12.1 Å². The maximum Gasteiger partial charge on any atom is 1.00 e. The third kappa shape index (κ3) is 5.93. The van der Waals surface area contributed by atoms with Crippen LogP contribution in [0.15, 0.2) is 23.9 Å². The summed E-state index contributed by atoms with van der Waals surface area (Å²) in [6, 6.07) is 5.15. The zero-order valence-corrected chi connectivity index (χ0v) is 22.2. The molecule has 1 aromatic rings. The predicted molar refractivity (Wildman–Crippen MR) is 117 cm³/mol. The van der Waals surface area contributed by atoms with E-state index in [1.54, 1.807) is 11.9 Å². The van der Waals surface area contributed by atoms with E-state index in [2.05, 4.69) is 28.9 Å². The molecule has 164 valence electrons. The number of benzene rings is 1. The molecule has 31 heavy (non-hydrogen) atoms. The fourth-order valence-corrected chi connectivity index (χ4v) is 3.88. The molecule has 8 heteroatoms. The van der Waals surface area contributed by atoms with E-state index in [-0.39, 0.29) is 77.0 Å². The molecule has 2 aliphatic heterocycles. The van der Waals surface area contributed by atoms with Gasteiger partial charge in [-0.1, -0.05) is 23.4 Å². The fraction of sp³-hybridized carbons (Fsp3) is 0.391. The van der Waals surface area contributed by atoms with Gasteiger partial charge < -0.3 is 39.6 Å². The van der Waals surface area contributed by atoms with E-state index in [0.717, 1.165) is 48.3 Å². The molecule has 0 saturated heterocycles. The van der Waals surface area contributed by atoms with E-state index in [1.807, 2.05) is 25.2 Å². The van der Waals surface area contributed by atoms with Gasteiger partial charge in [0.15, 0.2) is 0 Å². The molecular formula is C23H31KN4O3-2. The van der Waals surface area contributed by atoms with Crippen LogP contribution in [0, 0.1) is 20.8 Å². The maximum absolute atomic E-state index is 12.9. The second-order valence-corrected chi connectivity index (χ2v) is 7.32. The number of hydrogen-bond acceptors (Lipinski definition) is 5. The Kier molecular flexibility index (Phi) is 11.3. The number of carbonyl (C=O) groups is 3. The molecule has 0 radical (unpaired) electrons. The first-order valence-corrected chi connectivity index (χ1v) is 9.93. The van der Waals surface area contributed by atoms with Gasteiger partial charge in [0.1, 0.15) is 12.3 Å². The average molecular weight is 451 g/mol. The van der Waals surface area contributed by atoms with Crippen molar-refractivity contribution in [2.75, 3.05) is 20.8 Å². The first kappa shape index (κ1) is 27.7. The van der Waals surface area contributed by atoms with Crippen LogP contribution >= 0.6 is 0 Å². The number of amides is 2. The van der Waals surface area contributed by atoms with Crippen molar-refractivity contribution in [2.24, 2.45) is 0 Å². The number of likely N-dealkylation sites (N-methyl/N-ethyl adjacent to an activating group) is 1. The normalized spacial score (nSPS) is 15.5. The molecule has 0 bridgehead atoms. The summed E-state index contributed by atoms with van der Waals surface area (Å²) >= 11 is 0. The molecular weight excluding hydrogens is 419 g/mol. The molecule has 0 spiro atoms. The summed E-state index contributed by atoms with van der Waals surface area (Å²) in [7, 11) is 3.58. The molecule has 1 atom stereocenters. The smallest absolute Gasteiger partial charge is 0.443 e. The quantitative estimate of drug-likeness (QED) is 0.292. The number of carbonyl (C=O) groups excluding carboxylic acids is 3. The van der Waals surface area contributed by atoms with Crippen LogP contribution in [-0.2, 0) is 16.1 Å². The maximum atomic E-state index is 12.9. The van der Waals surface area contributed by atoms with Crippen molar-refractivity contribution < 1.29 is 65.8 Å². The van der Waals surface area contributed by atoms with Gasteiger partial charge in [-0.25, -0.2) is 6.42 Å². The van der Waals surface area contributed by atoms with Crippen LogP contribution in [0.1, 0.15) is 47.2 Å². The third-order valence-corrected chi connectivity index (χ3v) is 5.41. The largest absolute Gasteiger partial charge is 1.00 e. The number of fused-ring (bicyclic) bond motifs is 1. The van der Waals surface area contributed by atoms with Crippen LogP contribution < -0.4 is 62.0 Å². The standard InChI is InChI=1S/C22H28N4O3.CH3.K/c1-4-5-7-18-20(24-14-25(18)3)15-9-10-17-16(12-15)13-26(22(17)29)19(8-6-11-27)21(28)23-2;;/h7,9-12,19,24H,1,4-6,8,13-14H2,2-3H3,(H,23,28);1H3;/q-2;-1;+1. The van der Waals surface area contributed by atoms with E-state index >= 15 is 0 Å². The Morgan fingerprint density at radius 3 is 2.81 bits per heavy atom. The van der Waals surface area contributed by atoms with Crippen molar-refractivity contribution in [2.45, 2.75) is 38.3 Å². The Morgan fingerprint density at radius 1 is 1.42 bits per heavy atom. The number of nitrogens with zero attached hydrogens (tertiary/aromatic N) is 2. The molecule has 1 aromatic carbocycles. The second-order valence-electron chi connectivity index (χ2n) is 7.32. The molecule has 7 nitrogen and oxygen atoms in total. The number of rotatable bonds is 9. The monoisotopic (exact) mass is 450 g/mol. The molecule has 1 unspecified atom stereocenters. The topological polar surface area (TPSA) is 81.8 Å². The zero-order chi connectivity index (χ0) is 21.0. The average Bonchev–Trinajstić information content (AvgIpc) is 3.26. The van der Waals surface area contributed by atoms with Gasteiger partial charge in [-0.2, -0.15) is 6.42 Å². The minimum absolute atomic E-state index is 0. The zero-order valence-electron chi connectivity index (χ0n) is 19.0. The van der Waals surface area contributed by atoms with E-state index in [1.165, 1.54) is 0 Å². The van der Waals surface area contributed by atoms with E-state index in [9.17, 15) is 14.4 Å². The van der Waals surface area contributed by atoms with Crippen molar-refractivity contribution in [3.8, 4) is 0 Å². The molecule has 3 rings (SSSR count). The van der Waals surface area contributed by atoms with Crippen molar-refractivity contribution in [3.05, 3.63) is 61.4 Å². The van der Waals surface area contributed by atoms with Gasteiger partial charge in [-0.3, -0.25) is 9.59 Å². The minimum Gasteiger partial charge on any atom is -0.443 e. The van der Waals surface area contributed by atoms with Crippen molar-refractivity contribution in [1.82, 2.24) is 20.4 Å². The van der Waals surface area contributed by atoms with Crippen LogP contribution in [0.3, 0.4) is 0 Å². The third-order valence-electron chi connectivity index (χ3n) is 5.41. The Bertz CT molecular complexity index is 840. The van der Waals surface area contributed by atoms with Crippen LogP contribution in [-0.4, -0.2) is 54.7 Å². The fourth-order valence-electron chi connectivity index (χ4n) is 3.88. The first-order valence-electron chi connectivity index (χ1n) is 9.93. The number of nitrogens with one attached hydrogen (secondary N) is 2. The van der Waals surface area contributed by atoms with Gasteiger partial charge >= 0.3 is 51.4 Å². The molecule has 2 amide bonds. The summed E-state index contributed by atoms with van der Waals surface area (Å²) in [5, 5.41) is 6.03. The molecule has 2 heterocycles. The Labute approximate surface area is 228 Å². The van der Waals surface area contributed by atoms with E-state index in [0.29, 0.717) is 18.5 Å². The molecule has 2 aliphatic rings. The van der Waals surface area contributed by atoms with Crippen LogP contribution in [0.25, 0.3) is 5.70 Å². The molecule has 0 aromatic heterocycles. The van der Waals surface area contributed by atoms with Gasteiger partial charge in [0.2, 0.25) is 5.91 Å². The molecule has 2 N–H and O–H groups in total. The number of unbranched alkanes of at least 4 members (excludes halogenated alkanes) is 1. The van der Waals surface area contributed by atoms with Gasteiger partial charge in [0.05, 0.1) is 6.67 Å². The van der Waals surface area contributed by atoms with E-state index < -0.39 is 6.04 Å². The molecule has 0 fully saturated rings. The summed E-state index contributed by atoms with van der Waals surface area (Å²) in [5.74, 6) is -0.416. The van der Waals surface area contributed by atoms with Crippen molar-refractivity contribution in [3.63, 3.8) is 0 Å². The Hall–Kier alpha value is -1.32. The number of aldehydes is 1. The Morgan fingerprint density at radius 2 is 2.16 bits per heavy atom. The van der Waals surface area contributed by atoms with Crippen molar-refractivity contribution in [1.29, 1.82) is 0 Å². The summed E-state index contributed by atoms with van der Waals surface area (Å²) in [6.07, 6.45) is 5.23. The van der Waals surface area contributed by atoms with Crippen LogP contribution in [0.5, 0.6) is 0 Å². The van der Waals surface area contributed by atoms with Gasteiger partial charge in [-0.05, 0) is 18.1 Å². The molecule has 0 saturated carbocycles. The van der Waals surface area contributed by atoms with Gasteiger partial charge in [0, 0.05) is 32.6 Å². The summed E-state index contributed by atoms with van der Waals surface area (Å²) in [4.78, 5) is 39.7. The number of hydrogen-bond donors (Lipinski definition) is 2. The predicted octanol–water partition coefficient (Wildman–Crippen LogP) is -0.830. The SMILES string of the molecule is [CH2-]CC[CH-]C1=C(c2ccc3c(c2)CN(C(CCC=O)C(=O)NC)C3=O)NCN1C.[CH3-].[K+]. The van der Waals surface area contributed by atoms with Crippen LogP contribution in [0.2, 0.25) is 0 Å². The van der Waals surface area contributed by atoms with Crippen LogP contribution in [0.4, 0.5) is 0 Å². The molecule has 0 aliphatic carbocycles. The van der Waals surface area contributed by atoms with Crippen molar-refractivity contribution >= 4 is 23.8 Å². The Balaban J connectivity index is 0.00000240. The summed E-state index contributed by atoms with van der Waals surface area (Å²) in [6.45, 7) is 4.99. The first-order chi connectivity index (χ1) is 14.0. The summed E-state index contributed by atoms with van der Waals surface area (Å²) in [5.41, 5.74) is 4.70. The number of allylic oxidation sites excluding steroid dienone is 1. The summed E-state index contributed by atoms with van der Waals surface area (Å²) < 4.78 is 0. The minimum atomic E-state index is -0.649.